The molecule has 0 aliphatic heterocycles. The van der Waals surface area contributed by atoms with Gasteiger partial charge in [-0.05, 0) is 44.1 Å². The van der Waals surface area contributed by atoms with Crippen LogP contribution in [0.1, 0.15) is 50.5 Å². The minimum absolute atomic E-state index is 0.0855. The molecule has 3 aliphatic rings. The van der Waals surface area contributed by atoms with Crippen LogP contribution in [0.4, 0.5) is 0 Å². The average molecular weight is 315 g/mol. The van der Waals surface area contributed by atoms with Crippen LogP contribution < -0.4 is 5.32 Å². The van der Waals surface area contributed by atoms with E-state index in [1.165, 1.54) is 7.11 Å². The number of hydrogen-bond donors (Lipinski definition) is 1. The van der Waals surface area contributed by atoms with E-state index in [1.807, 2.05) is 30.3 Å². The van der Waals surface area contributed by atoms with Gasteiger partial charge in [-0.3, -0.25) is 9.59 Å². The fourth-order valence-corrected chi connectivity index (χ4v) is 4.30. The molecule has 4 rings (SSSR count). The molecule has 1 aromatic rings. The Balaban J connectivity index is 1.66. The number of methoxy groups -OCH3 is 1. The third kappa shape index (κ3) is 2.99. The predicted octanol–water partition coefficient (Wildman–Crippen LogP) is 3.21. The second-order valence-corrected chi connectivity index (χ2v) is 7.07. The summed E-state index contributed by atoms with van der Waals surface area (Å²) >= 11 is 0. The summed E-state index contributed by atoms with van der Waals surface area (Å²) in [5.74, 6) is 0.0689. The molecule has 1 aromatic carbocycles. The maximum absolute atomic E-state index is 12.8. The highest BCUT2D eigenvalue weighted by Crippen LogP contribution is 2.54. The van der Waals surface area contributed by atoms with Crippen molar-refractivity contribution in [1.82, 2.24) is 5.32 Å². The van der Waals surface area contributed by atoms with Crippen LogP contribution in [0.2, 0.25) is 0 Å². The molecular weight excluding hydrogens is 290 g/mol. The maximum Gasteiger partial charge on any atom is 0.311 e. The van der Waals surface area contributed by atoms with Gasteiger partial charge < -0.3 is 10.1 Å². The lowest BCUT2D eigenvalue weighted by molar-refractivity contribution is -0.157. The molecule has 0 spiro atoms. The Morgan fingerprint density at radius 3 is 2.26 bits per heavy atom. The maximum atomic E-state index is 12.8. The molecule has 1 N–H and O–H groups in total. The van der Waals surface area contributed by atoms with E-state index in [0.717, 1.165) is 50.5 Å². The number of fused-ring (bicyclic) bond motifs is 4. The van der Waals surface area contributed by atoms with Crippen LogP contribution in [0.5, 0.6) is 0 Å². The van der Waals surface area contributed by atoms with Crippen molar-refractivity contribution in [2.45, 2.75) is 51.5 Å². The Morgan fingerprint density at radius 1 is 1.00 bits per heavy atom. The van der Waals surface area contributed by atoms with Gasteiger partial charge in [0.25, 0.3) is 0 Å². The van der Waals surface area contributed by atoms with Crippen molar-refractivity contribution in [2.75, 3.05) is 7.11 Å². The van der Waals surface area contributed by atoms with E-state index in [0.29, 0.717) is 6.54 Å². The Hall–Kier alpha value is -1.84. The zero-order valence-corrected chi connectivity index (χ0v) is 13.8. The van der Waals surface area contributed by atoms with Crippen LogP contribution in [0.15, 0.2) is 30.3 Å². The molecule has 0 unspecified atom stereocenters. The summed E-state index contributed by atoms with van der Waals surface area (Å²) in [5, 5.41) is 3.11. The molecule has 0 saturated heterocycles. The first-order chi connectivity index (χ1) is 11.1. The van der Waals surface area contributed by atoms with Crippen molar-refractivity contribution < 1.29 is 14.3 Å². The topological polar surface area (TPSA) is 55.4 Å². The highest BCUT2D eigenvalue weighted by atomic mass is 16.5. The van der Waals surface area contributed by atoms with Gasteiger partial charge in [-0.15, -0.1) is 0 Å². The largest absolute Gasteiger partial charge is 0.469 e. The number of carbonyl (C=O) groups is 2. The second-order valence-electron chi connectivity index (χ2n) is 7.07. The summed E-state index contributed by atoms with van der Waals surface area (Å²) in [7, 11) is 1.47. The van der Waals surface area contributed by atoms with Crippen LogP contribution in [0.3, 0.4) is 0 Å². The highest BCUT2D eigenvalue weighted by Gasteiger charge is 2.52. The lowest BCUT2D eigenvalue weighted by Gasteiger charge is -2.40. The number of nitrogens with one attached hydrogen (secondary N) is 1. The van der Waals surface area contributed by atoms with E-state index in [-0.39, 0.29) is 22.7 Å². The number of esters is 1. The van der Waals surface area contributed by atoms with Gasteiger partial charge in [-0.1, -0.05) is 36.8 Å². The van der Waals surface area contributed by atoms with Crippen LogP contribution in [0, 0.1) is 10.8 Å². The number of benzene rings is 1. The van der Waals surface area contributed by atoms with Crippen molar-refractivity contribution in [3.05, 3.63) is 35.9 Å². The van der Waals surface area contributed by atoms with Gasteiger partial charge in [0.2, 0.25) is 5.91 Å². The number of amides is 1. The predicted molar refractivity (Wildman–Crippen MR) is 87.5 cm³/mol. The SMILES string of the molecule is COC(=O)C12CCCC(C(=O)NCc3ccccc3)(CC1)CC2. The molecule has 3 aliphatic carbocycles. The summed E-state index contributed by atoms with van der Waals surface area (Å²) in [6.07, 6.45) is 5.80. The third-order valence-electron chi connectivity index (χ3n) is 5.87. The molecule has 4 nitrogen and oxygen atoms in total. The molecule has 4 heteroatoms. The molecule has 0 aromatic heterocycles. The first-order valence-electron chi connectivity index (χ1n) is 8.51. The van der Waals surface area contributed by atoms with Gasteiger partial charge >= 0.3 is 5.97 Å². The van der Waals surface area contributed by atoms with Crippen LogP contribution in [-0.4, -0.2) is 19.0 Å². The van der Waals surface area contributed by atoms with E-state index >= 15 is 0 Å². The van der Waals surface area contributed by atoms with E-state index in [4.69, 9.17) is 4.74 Å². The van der Waals surface area contributed by atoms with Gasteiger partial charge in [-0.25, -0.2) is 0 Å². The minimum Gasteiger partial charge on any atom is -0.469 e. The van der Waals surface area contributed by atoms with Crippen molar-refractivity contribution in [3.63, 3.8) is 0 Å². The number of rotatable bonds is 4. The minimum atomic E-state index is -0.339. The van der Waals surface area contributed by atoms with Gasteiger partial charge in [-0.2, -0.15) is 0 Å². The summed E-state index contributed by atoms with van der Waals surface area (Å²) in [6, 6.07) is 9.98. The van der Waals surface area contributed by atoms with Crippen molar-refractivity contribution in [1.29, 1.82) is 0 Å². The first-order valence-corrected chi connectivity index (χ1v) is 8.51. The van der Waals surface area contributed by atoms with Crippen molar-refractivity contribution in [2.24, 2.45) is 10.8 Å². The van der Waals surface area contributed by atoms with Crippen molar-refractivity contribution >= 4 is 11.9 Å². The van der Waals surface area contributed by atoms with Crippen molar-refractivity contribution in [3.8, 4) is 0 Å². The molecular formula is C19H25NO3. The molecule has 0 radical (unpaired) electrons. The van der Waals surface area contributed by atoms with Crippen LogP contribution in [-0.2, 0) is 20.9 Å². The first kappa shape index (κ1) is 16.0. The van der Waals surface area contributed by atoms with Crippen LogP contribution >= 0.6 is 0 Å². The monoisotopic (exact) mass is 315 g/mol. The fourth-order valence-electron chi connectivity index (χ4n) is 4.30. The molecule has 3 saturated carbocycles. The zero-order valence-electron chi connectivity index (χ0n) is 13.8. The van der Waals surface area contributed by atoms with Gasteiger partial charge in [0.1, 0.15) is 0 Å². The molecule has 1 amide bonds. The molecule has 23 heavy (non-hydrogen) atoms. The summed E-state index contributed by atoms with van der Waals surface area (Å²) in [6.45, 7) is 0.573. The summed E-state index contributed by atoms with van der Waals surface area (Å²) in [4.78, 5) is 25.0. The Labute approximate surface area is 137 Å². The Kier molecular flexibility index (Phi) is 4.42. The third-order valence-corrected chi connectivity index (χ3v) is 5.87. The van der Waals surface area contributed by atoms with E-state index in [1.54, 1.807) is 0 Å². The highest BCUT2D eigenvalue weighted by molar-refractivity contribution is 5.84. The van der Waals surface area contributed by atoms with E-state index in [9.17, 15) is 9.59 Å². The molecule has 0 atom stereocenters. The van der Waals surface area contributed by atoms with Gasteiger partial charge in [0, 0.05) is 12.0 Å². The lowest BCUT2D eigenvalue weighted by atomic mass is 9.64. The quantitative estimate of drug-likeness (QED) is 0.868. The second kappa shape index (κ2) is 6.34. The van der Waals surface area contributed by atoms with E-state index < -0.39 is 0 Å². The summed E-state index contributed by atoms with van der Waals surface area (Å²) < 4.78 is 5.02. The lowest BCUT2D eigenvalue weighted by Crippen LogP contribution is -2.45. The van der Waals surface area contributed by atoms with Gasteiger partial charge in [0.05, 0.1) is 12.5 Å². The molecule has 0 heterocycles. The Bertz CT molecular complexity index is 574. The smallest absolute Gasteiger partial charge is 0.311 e. The molecule has 3 fully saturated rings. The molecule has 2 bridgehead atoms. The number of hydrogen-bond acceptors (Lipinski definition) is 3. The van der Waals surface area contributed by atoms with E-state index in [2.05, 4.69) is 5.32 Å². The standard InChI is InChI=1S/C19H25NO3/c1-23-17(22)19-9-5-8-18(10-12-19,11-13-19)16(21)20-14-15-6-3-2-4-7-15/h2-4,6-7H,5,8-14H2,1H3,(H,20,21). The number of ether oxygens (including phenoxy) is 1. The normalized spacial score (nSPS) is 29.6. The average Bonchev–Trinajstić information content (AvgIpc) is 2.92. The van der Waals surface area contributed by atoms with Gasteiger partial charge in [0.15, 0.2) is 0 Å². The fraction of sp³-hybridized carbons (Fsp3) is 0.579. The number of carbonyl (C=O) groups excluding carboxylic acids is 2. The molecule has 124 valence electrons. The Morgan fingerprint density at radius 2 is 1.61 bits per heavy atom. The zero-order chi connectivity index (χ0) is 16.3. The summed E-state index contributed by atoms with van der Waals surface area (Å²) in [5.41, 5.74) is 0.489. The van der Waals surface area contributed by atoms with Crippen LogP contribution in [0.25, 0.3) is 0 Å².